The van der Waals surface area contributed by atoms with Gasteiger partial charge in [-0.3, -0.25) is 9.48 Å². The molecule has 1 N–H and O–H groups in total. The number of hydrogen-bond acceptors (Lipinski definition) is 2. The molecule has 116 valence electrons. The maximum absolute atomic E-state index is 12.2. The molecule has 2 atom stereocenters. The minimum absolute atomic E-state index is 0.0921. The molecule has 4 heteroatoms. The monoisotopic (exact) mass is 297 g/mol. The molecule has 1 aromatic carbocycles. The summed E-state index contributed by atoms with van der Waals surface area (Å²) in [6, 6.07) is 12.4. The third kappa shape index (κ3) is 3.38. The Kier molecular flexibility index (Phi) is 4.27. The number of hydrogen-bond donors (Lipinski definition) is 1. The lowest BCUT2D eigenvalue weighted by molar-refractivity contribution is -0.116. The highest BCUT2D eigenvalue weighted by molar-refractivity contribution is 5.90. The van der Waals surface area contributed by atoms with Crippen molar-refractivity contribution in [2.75, 3.05) is 5.32 Å². The Morgan fingerprint density at radius 1 is 1.36 bits per heavy atom. The third-order valence-electron chi connectivity index (χ3n) is 4.30. The van der Waals surface area contributed by atoms with E-state index in [9.17, 15) is 4.79 Å². The average molecular weight is 297 g/mol. The summed E-state index contributed by atoms with van der Waals surface area (Å²) in [4.78, 5) is 12.2. The van der Waals surface area contributed by atoms with Gasteiger partial charge in [0.1, 0.15) is 5.82 Å². The van der Waals surface area contributed by atoms with Gasteiger partial charge in [-0.15, -0.1) is 0 Å². The SMILES string of the molecule is CCCc1cc(NC(=O)C[C@@H]2C[C@H]2c2ccccc2)n(C)n1. The van der Waals surface area contributed by atoms with E-state index in [2.05, 4.69) is 41.6 Å². The molecular formula is C18H23N3O. The van der Waals surface area contributed by atoms with E-state index in [1.165, 1.54) is 5.56 Å². The van der Waals surface area contributed by atoms with Gasteiger partial charge >= 0.3 is 0 Å². The molecule has 0 radical (unpaired) electrons. The molecule has 1 heterocycles. The second kappa shape index (κ2) is 6.34. The number of rotatable bonds is 6. The number of aromatic nitrogens is 2. The van der Waals surface area contributed by atoms with E-state index >= 15 is 0 Å². The molecule has 3 rings (SSSR count). The van der Waals surface area contributed by atoms with Crippen molar-refractivity contribution < 1.29 is 4.79 Å². The lowest BCUT2D eigenvalue weighted by atomic mass is 10.1. The Morgan fingerprint density at radius 3 is 2.86 bits per heavy atom. The van der Waals surface area contributed by atoms with Crippen LogP contribution < -0.4 is 5.32 Å². The first-order valence-corrected chi connectivity index (χ1v) is 8.05. The average Bonchev–Trinajstić information content (AvgIpc) is 3.18. The largest absolute Gasteiger partial charge is 0.311 e. The first kappa shape index (κ1) is 14.8. The summed E-state index contributed by atoms with van der Waals surface area (Å²) in [6.07, 6.45) is 3.71. The van der Waals surface area contributed by atoms with E-state index in [1.54, 1.807) is 4.68 Å². The van der Waals surface area contributed by atoms with E-state index < -0.39 is 0 Å². The lowest BCUT2D eigenvalue weighted by Gasteiger charge is -2.05. The third-order valence-corrected chi connectivity index (χ3v) is 4.30. The fraction of sp³-hybridized carbons (Fsp3) is 0.444. The van der Waals surface area contributed by atoms with Crippen LogP contribution in [0.4, 0.5) is 5.82 Å². The van der Waals surface area contributed by atoms with Crippen molar-refractivity contribution in [2.24, 2.45) is 13.0 Å². The van der Waals surface area contributed by atoms with E-state index in [0.29, 0.717) is 18.3 Å². The fourth-order valence-electron chi connectivity index (χ4n) is 3.04. The minimum atomic E-state index is 0.0921. The van der Waals surface area contributed by atoms with Crippen LogP contribution in [-0.2, 0) is 18.3 Å². The highest BCUT2D eigenvalue weighted by Gasteiger charge is 2.39. The molecule has 0 bridgehead atoms. The topological polar surface area (TPSA) is 46.9 Å². The quantitative estimate of drug-likeness (QED) is 0.887. The number of amides is 1. The van der Waals surface area contributed by atoms with Crippen LogP contribution >= 0.6 is 0 Å². The zero-order valence-electron chi connectivity index (χ0n) is 13.2. The van der Waals surface area contributed by atoms with Crippen molar-refractivity contribution in [1.82, 2.24) is 9.78 Å². The molecule has 0 aliphatic heterocycles. The molecule has 1 fully saturated rings. The van der Waals surface area contributed by atoms with Crippen molar-refractivity contribution in [3.8, 4) is 0 Å². The maximum atomic E-state index is 12.2. The molecular weight excluding hydrogens is 274 g/mol. The van der Waals surface area contributed by atoms with E-state index in [4.69, 9.17) is 0 Å². The van der Waals surface area contributed by atoms with E-state index in [1.807, 2.05) is 19.2 Å². The number of anilines is 1. The summed E-state index contributed by atoms with van der Waals surface area (Å²) in [7, 11) is 1.87. The standard InChI is InChI=1S/C18H23N3O/c1-3-7-15-12-17(21(2)20-15)19-18(22)11-14-10-16(14)13-8-5-4-6-9-13/h4-6,8-9,12,14,16H,3,7,10-11H2,1-2H3,(H,19,22)/t14-,16-/m0/s1. The molecule has 1 aromatic heterocycles. The second-order valence-corrected chi connectivity index (χ2v) is 6.16. The molecule has 2 aromatic rings. The van der Waals surface area contributed by atoms with Crippen LogP contribution in [-0.4, -0.2) is 15.7 Å². The second-order valence-electron chi connectivity index (χ2n) is 6.16. The van der Waals surface area contributed by atoms with E-state index in [0.717, 1.165) is 30.8 Å². The smallest absolute Gasteiger partial charge is 0.225 e. The van der Waals surface area contributed by atoms with Crippen molar-refractivity contribution in [3.63, 3.8) is 0 Å². The normalized spacial score (nSPS) is 19.9. The summed E-state index contributed by atoms with van der Waals surface area (Å²) < 4.78 is 1.75. The first-order valence-electron chi connectivity index (χ1n) is 8.05. The summed E-state index contributed by atoms with van der Waals surface area (Å²) in [5.41, 5.74) is 2.39. The highest BCUT2D eigenvalue weighted by atomic mass is 16.1. The molecule has 0 unspecified atom stereocenters. The van der Waals surface area contributed by atoms with Crippen molar-refractivity contribution in [2.45, 2.75) is 38.5 Å². The summed E-state index contributed by atoms with van der Waals surface area (Å²) in [6.45, 7) is 2.13. The zero-order valence-corrected chi connectivity index (χ0v) is 13.2. The predicted molar refractivity (Wildman–Crippen MR) is 87.7 cm³/mol. The minimum Gasteiger partial charge on any atom is -0.311 e. The van der Waals surface area contributed by atoms with Crippen LogP contribution in [0.5, 0.6) is 0 Å². The Labute approximate surface area is 131 Å². The van der Waals surface area contributed by atoms with Gasteiger partial charge in [0.15, 0.2) is 0 Å². The molecule has 1 aliphatic rings. The van der Waals surface area contributed by atoms with Gasteiger partial charge in [-0.1, -0.05) is 43.7 Å². The van der Waals surface area contributed by atoms with Crippen LogP contribution in [0.15, 0.2) is 36.4 Å². The highest BCUT2D eigenvalue weighted by Crippen LogP contribution is 2.49. The van der Waals surface area contributed by atoms with Gasteiger partial charge in [-0.05, 0) is 30.2 Å². The first-order chi connectivity index (χ1) is 10.7. The molecule has 4 nitrogen and oxygen atoms in total. The van der Waals surface area contributed by atoms with Crippen molar-refractivity contribution in [1.29, 1.82) is 0 Å². The number of aryl methyl sites for hydroxylation is 2. The summed E-state index contributed by atoms with van der Waals surface area (Å²) in [5, 5.41) is 7.41. The fourth-order valence-corrected chi connectivity index (χ4v) is 3.04. The van der Waals surface area contributed by atoms with Gasteiger partial charge in [0.05, 0.1) is 5.69 Å². The van der Waals surface area contributed by atoms with Gasteiger partial charge < -0.3 is 5.32 Å². The molecule has 1 aliphatic carbocycles. The summed E-state index contributed by atoms with van der Waals surface area (Å²) >= 11 is 0. The number of benzene rings is 1. The molecule has 1 saturated carbocycles. The van der Waals surface area contributed by atoms with E-state index in [-0.39, 0.29) is 5.91 Å². The predicted octanol–water partition coefficient (Wildman–Crippen LogP) is 3.50. The van der Waals surface area contributed by atoms with Gasteiger partial charge in [-0.2, -0.15) is 5.10 Å². The van der Waals surface area contributed by atoms with Gasteiger partial charge in [-0.25, -0.2) is 0 Å². The van der Waals surface area contributed by atoms with Crippen LogP contribution in [0.2, 0.25) is 0 Å². The number of nitrogens with zero attached hydrogens (tertiary/aromatic N) is 2. The number of carbonyl (C=O) groups excluding carboxylic acids is 1. The molecule has 1 amide bonds. The maximum Gasteiger partial charge on any atom is 0.225 e. The van der Waals surface area contributed by atoms with Crippen LogP contribution in [0.1, 0.15) is 43.4 Å². The summed E-state index contributed by atoms with van der Waals surface area (Å²) in [5.74, 6) is 1.92. The number of carbonyl (C=O) groups is 1. The molecule has 22 heavy (non-hydrogen) atoms. The lowest BCUT2D eigenvalue weighted by Crippen LogP contribution is -2.14. The van der Waals surface area contributed by atoms with Crippen LogP contribution in [0.25, 0.3) is 0 Å². The number of nitrogens with one attached hydrogen (secondary N) is 1. The molecule has 0 saturated heterocycles. The van der Waals surface area contributed by atoms with Crippen molar-refractivity contribution >= 4 is 11.7 Å². The van der Waals surface area contributed by atoms with Crippen LogP contribution in [0.3, 0.4) is 0 Å². The van der Waals surface area contributed by atoms with Gasteiger partial charge in [0.2, 0.25) is 5.91 Å². The molecule has 0 spiro atoms. The Hall–Kier alpha value is -2.10. The Balaban J connectivity index is 1.53. The zero-order chi connectivity index (χ0) is 15.5. The van der Waals surface area contributed by atoms with Crippen molar-refractivity contribution in [3.05, 3.63) is 47.7 Å². The van der Waals surface area contributed by atoms with Gasteiger partial charge in [0, 0.05) is 19.5 Å². The Bertz CT molecular complexity index is 648. The van der Waals surface area contributed by atoms with Crippen LogP contribution in [0, 0.1) is 5.92 Å². The van der Waals surface area contributed by atoms with Gasteiger partial charge in [0.25, 0.3) is 0 Å². The Morgan fingerprint density at radius 2 is 2.14 bits per heavy atom.